The lowest BCUT2D eigenvalue weighted by Crippen LogP contribution is -2.20. The molecule has 4 nitrogen and oxygen atoms in total. The van der Waals surface area contributed by atoms with Crippen LogP contribution in [0.1, 0.15) is 79.1 Å². The van der Waals surface area contributed by atoms with Crippen LogP contribution in [0.5, 0.6) is 0 Å². The van der Waals surface area contributed by atoms with Gasteiger partial charge in [-0.2, -0.15) is 0 Å². The normalized spacial score (nSPS) is 21.3. The molecule has 162 valence electrons. The molecule has 0 radical (unpaired) electrons. The van der Waals surface area contributed by atoms with Gasteiger partial charge < -0.3 is 14.9 Å². The Balaban J connectivity index is 1.80. The van der Waals surface area contributed by atoms with E-state index in [0.717, 1.165) is 31.3 Å². The van der Waals surface area contributed by atoms with Crippen molar-refractivity contribution in [3.63, 3.8) is 0 Å². The highest BCUT2D eigenvalue weighted by atomic mass is 16.5. The van der Waals surface area contributed by atoms with Gasteiger partial charge in [0.2, 0.25) is 0 Å². The van der Waals surface area contributed by atoms with E-state index in [2.05, 4.69) is 33.8 Å². The molecule has 0 aromatic carbocycles. The number of ether oxygens (including phenoxy) is 1. The second-order valence-electron chi connectivity index (χ2n) is 9.18. The molecule has 0 aromatic heterocycles. The molecule has 1 aliphatic heterocycles. The summed E-state index contributed by atoms with van der Waals surface area (Å²) in [4.78, 5) is 11.1. The molecule has 4 heteroatoms. The van der Waals surface area contributed by atoms with Gasteiger partial charge in [0.1, 0.15) is 6.61 Å². The van der Waals surface area contributed by atoms with Crippen LogP contribution >= 0.6 is 0 Å². The number of hydrogen-bond donors (Lipinski definition) is 2. The summed E-state index contributed by atoms with van der Waals surface area (Å²) in [6.07, 6.45) is 12.9. The van der Waals surface area contributed by atoms with E-state index in [-0.39, 0.29) is 13.2 Å². The molecule has 2 aliphatic rings. The molecule has 1 heterocycles. The van der Waals surface area contributed by atoms with E-state index in [1.165, 1.54) is 30.9 Å². The van der Waals surface area contributed by atoms with Gasteiger partial charge in [0.15, 0.2) is 0 Å². The first-order valence-electron chi connectivity index (χ1n) is 10.9. The molecule has 0 amide bonds. The summed E-state index contributed by atoms with van der Waals surface area (Å²) in [6.45, 7) is 9.40. The van der Waals surface area contributed by atoms with Crippen molar-refractivity contribution >= 4 is 5.97 Å². The maximum absolute atomic E-state index is 11.1. The monoisotopic (exact) mass is 402 g/mol. The smallest absolute Gasteiger partial charge is 0.331 e. The van der Waals surface area contributed by atoms with Crippen LogP contribution in [-0.2, 0) is 9.53 Å². The Morgan fingerprint density at radius 3 is 2.69 bits per heavy atom. The highest BCUT2D eigenvalue weighted by Crippen LogP contribution is 2.42. The molecule has 0 saturated heterocycles. The molecule has 1 aliphatic carbocycles. The topological polar surface area (TPSA) is 66.8 Å². The van der Waals surface area contributed by atoms with Gasteiger partial charge in [0.25, 0.3) is 0 Å². The predicted octanol–water partition coefficient (Wildman–Crippen LogP) is 5.17. The molecular weight excluding hydrogens is 364 g/mol. The van der Waals surface area contributed by atoms with Crippen molar-refractivity contribution in [2.24, 2.45) is 5.41 Å². The lowest BCUT2D eigenvalue weighted by atomic mass is 9.71. The molecule has 0 unspecified atom stereocenters. The molecule has 0 bridgehead atoms. The van der Waals surface area contributed by atoms with Crippen LogP contribution in [0.2, 0.25) is 0 Å². The van der Waals surface area contributed by atoms with Gasteiger partial charge in [-0.25, -0.2) is 4.79 Å². The fourth-order valence-electron chi connectivity index (χ4n) is 4.41. The summed E-state index contributed by atoms with van der Waals surface area (Å²) in [5, 5.41) is 19.7. The van der Waals surface area contributed by atoms with E-state index < -0.39 is 12.1 Å². The fourth-order valence-corrected chi connectivity index (χ4v) is 4.41. The fraction of sp³-hybridized carbons (Fsp3) is 0.640. The first kappa shape index (κ1) is 23.6. The standard InChI is InChI=1S/C25H38O4/c1-18(10-12-22-19(2)8-6-14-25(22,3)4)7-5-9-20(16-26)11-13-23(27)21-15-24(28)29-17-21/h7,11,15,23,26-27H,5-6,8-10,12-14,16-17H2,1-4H3/b18-7+,20-11+/t23-/m1/s1. The molecule has 0 saturated carbocycles. The number of esters is 1. The van der Waals surface area contributed by atoms with Crippen LogP contribution in [0, 0.1) is 5.41 Å². The zero-order chi connectivity index (χ0) is 21.4. The number of carbonyl (C=O) groups excluding carboxylic acids is 1. The molecule has 2 N–H and O–H groups in total. The lowest BCUT2D eigenvalue weighted by molar-refractivity contribution is -0.135. The Kier molecular flexibility index (Phi) is 8.91. The summed E-state index contributed by atoms with van der Waals surface area (Å²) in [5.41, 5.74) is 6.49. The highest BCUT2D eigenvalue weighted by molar-refractivity contribution is 5.85. The van der Waals surface area contributed by atoms with E-state index in [9.17, 15) is 15.0 Å². The van der Waals surface area contributed by atoms with Crippen molar-refractivity contribution in [1.29, 1.82) is 0 Å². The number of rotatable bonds is 10. The molecule has 0 spiro atoms. The van der Waals surface area contributed by atoms with Gasteiger partial charge in [0.05, 0.1) is 12.7 Å². The Labute approximate surface area is 176 Å². The van der Waals surface area contributed by atoms with Gasteiger partial charge in [0, 0.05) is 11.6 Å². The number of aliphatic hydroxyl groups is 2. The van der Waals surface area contributed by atoms with Crippen LogP contribution in [-0.4, -0.2) is 35.5 Å². The minimum atomic E-state index is -0.726. The number of cyclic esters (lactones) is 1. The zero-order valence-electron chi connectivity index (χ0n) is 18.6. The van der Waals surface area contributed by atoms with Crippen LogP contribution in [0.25, 0.3) is 0 Å². The summed E-state index contributed by atoms with van der Waals surface area (Å²) >= 11 is 0. The molecule has 2 rings (SSSR count). The largest absolute Gasteiger partial charge is 0.458 e. The summed E-state index contributed by atoms with van der Waals surface area (Å²) < 4.78 is 4.82. The molecule has 0 fully saturated rings. The number of aliphatic hydroxyl groups excluding tert-OH is 2. The van der Waals surface area contributed by atoms with Crippen LogP contribution < -0.4 is 0 Å². The summed E-state index contributed by atoms with van der Waals surface area (Å²) in [7, 11) is 0. The zero-order valence-corrected chi connectivity index (χ0v) is 18.6. The van der Waals surface area contributed by atoms with Crippen molar-refractivity contribution < 1.29 is 19.7 Å². The second-order valence-corrected chi connectivity index (χ2v) is 9.18. The third kappa shape index (κ3) is 7.27. The Bertz CT molecular complexity index is 706. The van der Waals surface area contributed by atoms with E-state index in [4.69, 9.17) is 4.74 Å². The average molecular weight is 403 g/mol. The average Bonchev–Trinajstić information content (AvgIpc) is 3.09. The van der Waals surface area contributed by atoms with E-state index in [1.54, 1.807) is 11.1 Å². The first-order chi connectivity index (χ1) is 13.7. The molecular formula is C25H38O4. The van der Waals surface area contributed by atoms with Crippen LogP contribution in [0.3, 0.4) is 0 Å². The predicted molar refractivity (Wildman–Crippen MR) is 117 cm³/mol. The Morgan fingerprint density at radius 1 is 1.31 bits per heavy atom. The molecule has 29 heavy (non-hydrogen) atoms. The Hall–Kier alpha value is -1.65. The first-order valence-corrected chi connectivity index (χ1v) is 10.9. The summed E-state index contributed by atoms with van der Waals surface area (Å²) in [5.74, 6) is -0.395. The van der Waals surface area contributed by atoms with E-state index in [1.807, 2.05) is 6.08 Å². The quantitative estimate of drug-likeness (QED) is 0.391. The maximum atomic E-state index is 11.1. The van der Waals surface area contributed by atoms with Crippen LogP contribution in [0.15, 0.2) is 46.1 Å². The minimum Gasteiger partial charge on any atom is -0.458 e. The van der Waals surface area contributed by atoms with Crippen LogP contribution in [0.4, 0.5) is 0 Å². The third-order valence-electron chi connectivity index (χ3n) is 6.36. The number of allylic oxidation sites excluding steroid dienone is 4. The molecule has 1 atom stereocenters. The number of hydrogen-bond acceptors (Lipinski definition) is 4. The lowest BCUT2D eigenvalue weighted by Gasteiger charge is -2.35. The van der Waals surface area contributed by atoms with Gasteiger partial charge >= 0.3 is 5.97 Å². The number of carbonyl (C=O) groups is 1. The highest BCUT2D eigenvalue weighted by Gasteiger charge is 2.27. The molecule has 0 aromatic rings. The van der Waals surface area contributed by atoms with Crippen molar-refractivity contribution in [3.05, 3.63) is 46.1 Å². The van der Waals surface area contributed by atoms with Crippen molar-refractivity contribution in [2.45, 2.75) is 85.2 Å². The second kappa shape index (κ2) is 10.9. The van der Waals surface area contributed by atoms with Crippen molar-refractivity contribution in [3.8, 4) is 0 Å². The SMILES string of the molecule is CC1=C(CC/C(C)=C/CC/C(=C\C[C@@H](O)C2=CC(=O)OC2)CO)C(C)(C)CCC1. The van der Waals surface area contributed by atoms with Gasteiger partial charge in [-0.1, -0.05) is 42.7 Å². The van der Waals surface area contributed by atoms with Gasteiger partial charge in [-0.3, -0.25) is 0 Å². The van der Waals surface area contributed by atoms with E-state index in [0.29, 0.717) is 17.4 Å². The van der Waals surface area contributed by atoms with Crippen molar-refractivity contribution in [2.75, 3.05) is 13.2 Å². The van der Waals surface area contributed by atoms with Gasteiger partial charge in [-0.05, 0) is 76.2 Å². The van der Waals surface area contributed by atoms with Crippen molar-refractivity contribution in [1.82, 2.24) is 0 Å². The minimum absolute atomic E-state index is 0.00560. The Morgan fingerprint density at radius 2 is 2.07 bits per heavy atom. The van der Waals surface area contributed by atoms with Gasteiger partial charge in [-0.15, -0.1) is 0 Å². The van der Waals surface area contributed by atoms with E-state index >= 15 is 0 Å². The third-order valence-corrected chi connectivity index (χ3v) is 6.36. The summed E-state index contributed by atoms with van der Waals surface area (Å²) in [6, 6.07) is 0. The maximum Gasteiger partial charge on any atom is 0.331 e.